The summed E-state index contributed by atoms with van der Waals surface area (Å²) in [6.45, 7) is -0.807. The fraction of sp³-hybridized carbons (Fsp3) is 0.176. The van der Waals surface area contributed by atoms with Crippen LogP contribution >= 0.6 is 0 Å². The molecule has 2 aromatic carbocycles. The molecule has 2 aromatic rings. The molecule has 0 spiro atoms. The lowest BCUT2D eigenvalue weighted by Crippen LogP contribution is -2.37. The molecular weight excluding hydrogens is 392 g/mol. The van der Waals surface area contributed by atoms with E-state index in [1.807, 2.05) is 0 Å². The Morgan fingerprint density at radius 3 is 2.25 bits per heavy atom. The van der Waals surface area contributed by atoms with Gasteiger partial charge in [0.2, 0.25) is 0 Å². The van der Waals surface area contributed by atoms with Crippen LogP contribution in [0.3, 0.4) is 0 Å². The minimum Gasteiger partial charge on any atom is -0.468 e. The fourth-order valence-corrected chi connectivity index (χ4v) is 3.99. The number of ether oxygens (including phenoxy) is 2. The Morgan fingerprint density at radius 2 is 1.64 bits per heavy atom. The van der Waals surface area contributed by atoms with Gasteiger partial charge >= 0.3 is 11.9 Å². The highest BCUT2D eigenvalue weighted by molar-refractivity contribution is 7.93. The van der Waals surface area contributed by atoms with Gasteiger partial charge in [0.05, 0.1) is 30.4 Å². The summed E-state index contributed by atoms with van der Waals surface area (Å²) in [5.41, 5.74) is -0.998. The molecule has 11 heteroatoms. The fourth-order valence-electron chi connectivity index (χ4n) is 2.40. The summed E-state index contributed by atoms with van der Waals surface area (Å²) in [5.74, 6) is -1.77. The molecule has 0 aliphatic carbocycles. The molecular formula is C17H16N2O8S. The van der Waals surface area contributed by atoms with Crippen LogP contribution in [0.25, 0.3) is 0 Å². The van der Waals surface area contributed by atoms with Crippen LogP contribution in [-0.4, -0.2) is 46.0 Å². The van der Waals surface area contributed by atoms with Gasteiger partial charge in [0, 0.05) is 6.07 Å². The number of anilines is 1. The Bertz CT molecular complexity index is 1020. The first-order valence-electron chi connectivity index (χ1n) is 7.74. The van der Waals surface area contributed by atoms with Gasteiger partial charge in [0.25, 0.3) is 15.7 Å². The summed E-state index contributed by atoms with van der Waals surface area (Å²) in [6.07, 6.45) is 0. The van der Waals surface area contributed by atoms with Crippen LogP contribution in [-0.2, 0) is 24.3 Å². The third-order valence-corrected chi connectivity index (χ3v) is 5.52. The molecule has 0 N–H and O–H groups in total. The molecule has 10 nitrogen and oxygen atoms in total. The van der Waals surface area contributed by atoms with Crippen molar-refractivity contribution in [2.24, 2.45) is 0 Å². The zero-order valence-corrected chi connectivity index (χ0v) is 15.7. The number of hydrogen-bond acceptors (Lipinski definition) is 8. The standard InChI is InChI=1S/C17H16N2O8S/c1-26-16(20)11-18(13-8-4-3-7-12(13)17(21)27-2)28(24,25)15-10-6-5-9-14(15)19(22)23/h3-10H,11H2,1-2H3. The van der Waals surface area contributed by atoms with Crippen molar-refractivity contribution >= 4 is 33.3 Å². The molecule has 0 aromatic heterocycles. The van der Waals surface area contributed by atoms with E-state index in [2.05, 4.69) is 9.47 Å². The average molecular weight is 408 g/mol. The molecule has 0 saturated heterocycles. The number of para-hydroxylation sites is 2. The minimum absolute atomic E-state index is 0.143. The van der Waals surface area contributed by atoms with Gasteiger partial charge in [0.15, 0.2) is 4.90 Å². The van der Waals surface area contributed by atoms with E-state index in [1.165, 1.54) is 36.4 Å². The Morgan fingerprint density at radius 1 is 1.04 bits per heavy atom. The van der Waals surface area contributed by atoms with Gasteiger partial charge in [-0.1, -0.05) is 24.3 Å². The van der Waals surface area contributed by atoms with E-state index in [9.17, 15) is 28.1 Å². The van der Waals surface area contributed by atoms with E-state index >= 15 is 0 Å². The summed E-state index contributed by atoms with van der Waals surface area (Å²) in [5, 5.41) is 11.3. The Labute approximate surface area is 160 Å². The van der Waals surface area contributed by atoms with Crippen molar-refractivity contribution in [3.8, 4) is 0 Å². The first-order valence-corrected chi connectivity index (χ1v) is 9.18. The molecule has 0 heterocycles. The maximum Gasteiger partial charge on any atom is 0.340 e. The molecule has 0 unspecified atom stereocenters. The maximum atomic E-state index is 13.2. The highest BCUT2D eigenvalue weighted by atomic mass is 32.2. The second-order valence-corrected chi connectivity index (χ2v) is 7.15. The lowest BCUT2D eigenvalue weighted by molar-refractivity contribution is -0.387. The quantitative estimate of drug-likeness (QED) is 0.384. The number of nitro groups is 1. The predicted octanol–water partition coefficient (Wildman–Crippen LogP) is 1.75. The van der Waals surface area contributed by atoms with Crippen molar-refractivity contribution in [2.45, 2.75) is 4.90 Å². The van der Waals surface area contributed by atoms with Gasteiger partial charge in [0.1, 0.15) is 6.54 Å². The number of sulfonamides is 1. The largest absolute Gasteiger partial charge is 0.468 e. The molecule has 0 amide bonds. The number of esters is 2. The average Bonchev–Trinajstić information content (AvgIpc) is 2.71. The SMILES string of the molecule is COC(=O)CN(c1ccccc1C(=O)OC)S(=O)(=O)c1ccccc1[N+](=O)[O-]. The smallest absolute Gasteiger partial charge is 0.340 e. The third-order valence-electron chi connectivity index (χ3n) is 3.71. The molecule has 0 aliphatic rings. The van der Waals surface area contributed by atoms with Gasteiger partial charge in [-0.15, -0.1) is 0 Å². The molecule has 28 heavy (non-hydrogen) atoms. The number of methoxy groups -OCH3 is 2. The molecule has 0 aliphatic heterocycles. The number of rotatable bonds is 7. The zero-order valence-electron chi connectivity index (χ0n) is 14.9. The second-order valence-electron chi connectivity index (χ2n) is 5.32. The molecule has 0 radical (unpaired) electrons. The number of carbonyl (C=O) groups is 2. The van der Waals surface area contributed by atoms with Crippen LogP contribution in [0.15, 0.2) is 53.4 Å². The van der Waals surface area contributed by atoms with Crippen LogP contribution < -0.4 is 4.31 Å². The lowest BCUT2D eigenvalue weighted by atomic mass is 10.2. The maximum absolute atomic E-state index is 13.2. The Balaban J connectivity index is 2.74. The van der Waals surface area contributed by atoms with Crippen molar-refractivity contribution in [1.29, 1.82) is 0 Å². The van der Waals surface area contributed by atoms with Crippen molar-refractivity contribution in [2.75, 3.05) is 25.1 Å². The van der Waals surface area contributed by atoms with Gasteiger partial charge in [-0.2, -0.15) is 0 Å². The number of benzene rings is 2. The second kappa shape index (κ2) is 8.48. The zero-order chi connectivity index (χ0) is 20.9. The van der Waals surface area contributed by atoms with Gasteiger partial charge in [-0.05, 0) is 18.2 Å². The number of hydrogen-bond donors (Lipinski definition) is 0. The van der Waals surface area contributed by atoms with E-state index in [0.717, 1.165) is 26.4 Å². The topological polar surface area (TPSA) is 133 Å². The molecule has 0 saturated carbocycles. The van der Waals surface area contributed by atoms with Crippen LogP contribution in [0.5, 0.6) is 0 Å². The normalized spacial score (nSPS) is 10.8. The molecule has 0 fully saturated rings. The predicted molar refractivity (Wildman–Crippen MR) is 97.4 cm³/mol. The monoisotopic (exact) mass is 408 g/mol. The highest BCUT2D eigenvalue weighted by Crippen LogP contribution is 2.31. The molecule has 0 bridgehead atoms. The molecule has 2 rings (SSSR count). The Kier molecular flexibility index (Phi) is 6.31. The van der Waals surface area contributed by atoms with Gasteiger partial charge in [-0.25, -0.2) is 13.2 Å². The summed E-state index contributed by atoms with van der Waals surface area (Å²) < 4.78 is 36.2. The third kappa shape index (κ3) is 4.09. The van der Waals surface area contributed by atoms with Crippen molar-refractivity contribution in [3.05, 3.63) is 64.2 Å². The van der Waals surface area contributed by atoms with Gasteiger partial charge in [-0.3, -0.25) is 19.2 Å². The minimum atomic E-state index is -4.62. The van der Waals surface area contributed by atoms with Crippen molar-refractivity contribution in [3.63, 3.8) is 0 Å². The first-order chi connectivity index (χ1) is 13.2. The van der Waals surface area contributed by atoms with Crippen LogP contribution in [0.4, 0.5) is 11.4 Å². The van der Waals surface area contributed by atoms with Crippen LogP contribution in [0, 0.1) is 10.1 Å². The van der Waals surface area contributed by atoms with E-state index in [4.69, 9.17) is 0 Å². The Hall–Kier alpha value is -3.47. The van der Waals surface area contributed by atoms with E-state index in [1.54, 1.807) is 0 Å². The number of nitro benzene ring substituents is 1. The number of carbonyl (C=O) groups excluding carboxylic acids is 2. The molecule has 0 atom stereocenters. The van der Waals surface area contributed by atoms with Crippen LogP contribution in [0.2, 0.25) is 0 Å². The summed E-state index contributed by atoms with van der Waals surface area (Å²) in [4.78, 5) is 33.7. The lowest BCUT2D eigenvalue weighted by Gasteiger charge is -2.24. The highest BCUT2D eigenvalue weighted by Gasteiger charge is 2.35. The number of nitrogens with zero attached hydrogens (tertiary/aromatic N) is 2. The summed E-state index contributed by atoms with van der Waals surface area (Å²) in [6, 6.07) is 10.2. The summed E-state index contributed by atoms with van der Waals surface area (Å²) >= 11 is 0. The van der Waals surface area contributed by atoms with Gasteiger partial charge < -0.3 is 9.47 Å². The van der Waals surface area contributed by atoms with Crippen LogP contribution in [0.1, 0.15) is 10.4 Å². The summed E-state index contributed by atoms with van der Waals surface area (Å²) in [7, 11) is -2.44. The first kappa shape index (κ1) is 20.8. The van der Waals surface area contributed by atoms with E-state index in [-0.39, 0.29) is 11.3 Å². The van der Waals surface area contributed by atoms with Crippen molar-refractivity contribution in [1.82, 2.24) is 0 Å². The van der Waals surface area contributed by atoms with Crippen molar-refractivity contribution < 1.29 is 32.4 Å². The molecule has 148 valence electrons. The van der Waals surface area contributed by atoms with E-state index < -0.39 is 44.0 Å². The van der Waals surface area contributed by atoms with E-state index in [0.29, 0.717) is 4.31 Å².